The molecule has 2 heteroatoms. The summed E-state index contributed by atoms with van der Waals surface area (Å²) >= 11 is 0. The van der Waals surface area contributed by atoms with E-state index in [4.69, 9.17) is 0 Å². The summed E-state index contributed by atoms with van der Waals surface area (Å²) in [5.41, 5.74) is 2.28. The third-order valence-corrected chi connectivity index (χ3v) is 3.34. The van der Waals surface area contributed by atoms with Gasteiger partial charge in [-0.05, 0) is 49.1 Å². The lowest BCUT2D eigenvalue weighted by molar-refractivity contribution is 0.452. The van der Waals surface area contributed by atoms with Crippen molar-refractivity contribution in [2.24, 2.45) is 5.92 Å². The molecule has 0 aliphatic rings. The van der Waals surface area contributed by atoms with E-state index in [1.165, 1.54) is 24.5 Å². The van der Waals surface area contributed by atoms with Gasteiger partial charge in [-0.3, -0.25) is 0 Å². The Bertz CT molecular complexity index is 360. The first-order valence-corrected chi connectivity index (χ1v) is 7.04. The molecule has 0 fully saturated rings. The highest BCUT2D eigenvalue weighted by Gasteiger charge is 2.13. The number of halogens is 1. The highest BCUT2D eigenvalue weighted by Crippen LogP contribution is 2.24. The van der Waals surface area contributed by atoms with Gasteiger partial charge in [0.25, 0.3) is 0 Å². The molecule has 1 rings (SSSR count). The molecule has 0 saturated heterocycles. The topological polar surface area (TPSA) is 12.0 Å². The molecule has 0 heterocycles. The Balaban J connectivity index is 2.73. The predicted octanol–water partition coefficient (Wildman–Crippen LogP) is 4.61. The molecule has 1 aromatic carbocycles. The molecule has 0 bridgehead atoms. The van der Waals surface area contributed by atoms with Crippen LogP contribution in [-0.4, -0.2) is 6.54 Å². The van der Waals surface area contributed by atoms with Crippen molar-refractivity contribution in [3.63, 3.8) is 0 Å². The van der Waals surface area contributed by atoms with Gasteiger partial charge in [-0.1, -0.05) is 39.7 Å². The van der Waals surface area contributed by atoms with Crippen molar-refractivity contribution in [2.75, 3.05) is 6.54 Å². The monoisotopic (exact) mass is 251 g/mol. The Hall–Kier alpha value is -0.890. The van der Waals surface area contributed by atoms with Crippen LogP contribution in [0.4, 0.5) is 4.39 Å². The maximum atomic E-state index is 13.4. The largest absolute Gasteiger partial charge is 0.310 e. The number of aryl methyl sites for hydroxylation is 1. The van der Waals surface area contributed by atoms with Crippen molar-refractivity contribution in [3.8, 4) is 0 Å². The summed E-state index contributed by atoms with van der Waals surface area (Å²) < 4.78 is 13.4. The lowest BCUT2D eigenvalue weighted by atomic mass is 9.95. The van der Waals surface area contributed by atoms with Gasteiger partial charge in [0.1, 0.15) is 5.82 Å². The van der Waals surface area contributed by atoms with Crippen LogP contribution in [-0.2, 0) is 0 Å². The minimum Gasteiger partial charge on any atom is -0.310 e. The molecule has 18 heavy (non-hydrogen) atoms. The molecule has 0 aliphatic heterocycles. The summed E-state index contributed by atoms with van der Waals surface area (Å²) in [5.74, 6) is 0.600. The van der Waals surface area contributed by atoms with E-state index in [1.54, 1.807) is 6.07 Å². The summed E-state index contributed by atoms with van der Waals surface area (Å²) in [4.78, 5) is 0. The molecular weight excluding hydrogens is 225 g/mol. The van der Waals surface area contributed by atoms with Gasteiger partial charge in [0, 0.05) is 6.04 Å². The van der Waals surface area contributed by atoms with Gasteiger partial charge in [-0.15, -0.1) is 0 Å². The molecule has 0 aliphatic carbocycles. The smallest absolute Gasteiger partial charge is 0.123 e. The zero-order valence-corrected chi connectivity index (χ0v) is 12.1. The third-order valence-electron chi connectivity index (χ3n) is 3.34. The number of hydrogen-bond donors (Lipinski definition) is 1. The average Bonchev–Trinajstić information content (AvgIpc) is 2.31. The van der Waals surface area contributed by atoms with E-state index >= 15 is 0 Å². The maximum Gasteiger partial charge on any atom is 0.123 e. The highest BCUT2D eigenvalue weighted by atomic mass is 19.1. The molecule has 102 valence electrons. The van der Waals surface area contributed by atoms with Crippen molar-refractivity contribution in [1.29, 1.82) is 0 Å². The molecule has 0 amide bonds. The molecule has 0 radical (unpaired) electrons. The molecule has 1 atom stereocenters. The van der Waals surface area contributed by atoms with Crippen LogP contribution in [0.5, 0.6) is 0 Å². The number of benzene rings is 1. The molecule has 0 saturated carbocycles. The van der Waals surface area contributed by atoms with Crippen molar-refractivity contribution in [3.05, 3.63) is 35.1 Å². The molecule has 0 aromatic heterocycles. The van der Waals surface area contributed by atoms with Gasteiger partial charge in [0.05, 0.1) is 0 Å². The predicted molar refractivity (Wildman–Crippen MR) is 76.2 cm³/mol. The van der Waals surface area contributed by atoms with E-state index in [-0.39, 0.29) is 11.9 Å². The normalized spacial score (nSPS) is 13.0. The van der Waals surface area contributed by atoms with Crippen molar-refractivity contribution < 1.29 is 4.39 Å². The van der Waals surface area contributed by atoms with Gasteiger partial charge in [0.2, 0.25) is 0 Å². The van der Waals surface area contributed by atoms with E-state index in [0.717, 1.165) is 24.4 Å². The van der Waals surface area contributed by atoms with E-state index in [2.05, 4.69) is 33.0 Å². The van der Waals surface area contributed by atoms with Gasteiger partial charge >= 0.3 is 0 Å². The van der Waals surface area contributed by atoms with Crippen LogP contribution >= 0.6 is 0 Å². The summed E-state index contributed by atoms with van der Waals surface area (Å²) in [7, 11) is 0. The van der Waals surface area contributed by atoms with Crippen LogP contribution in [0, 0.1) is 18.7 Å². The summed E-state index contributed by atoms with van der Waals surface area (Å²) in [5, 5.41) is 3.47. The molecule has 1 aromatic rings. The molecular formula is C16H26FN. The van der Waals surface area contributed by atoms with Crippen LogP contribution in [0.3, 0.4) is 0 Å². The van der Waals surface area contributed by atoms with Gasteiger partial charge < -0.3 is 5.32 Å². The van der Waals surface area contributed by atoms with Crippen molar-refractivity contribution in [1.82, 2.24) is 5.32 Å². The standard InChI is InChI=1S/C16H26FN/c1-5-18-16(8-6-7-12(2)3)15-11-14(17)10-9-13(15)4/h9-12,16,18H,5-8H2,1-4H3. The second-order valence-electron chi connectivity index (χ2n) is 5.44. The zero-order valence-electron chi connectivity index (χ0n) is 12.1. The van der Waals surface area contributed by atoms with Crippen LogP contribution in [0.25, 0.3) is 0 Å². The van der Waals surface area contributed by atoms with Gasteiger partial charge in [-0.25, -0.2) is 4.39 Å². The summed E-state index contributed by atoms with van der Waals surface area (Å²) in [6, 6.07) is 5.37. The van der Waals surface area contributed by atoms with E-state index in [9.17, 15) is 4.39 Å². The molecule has 1 N–H and O–H groups in total. The van der Waals surface area contributed by atoms with Crippen molar-refractivity contribution in [2.45, 2.75) is 53.0 Å². The SMILES string of the molecule is CCNC(CCCC(C)C)c1cc(F)ccc1C. The third kappa shape index (κ3) is 4.77. The Kier molecular flexibility index (Phi) is 6.34. The fraction of sp³-hybridized carbons (Fsp3) is 0.625. The minimum absolute atomic E-state index is 0.137. The van der Waals surface area contributed by atoms with Crippen LogP contribution in [0.2, 0.25) is 0 Å². The molecule has 0 spiro atoms. The van der Waals surface area contributed by atoms with Crippen LogP contribution < -0.4 is 5.32 Å². The Labute approximate surface area is 111 Å². The molecule has 1 unspecified atom stereocenters. The van der Waals surface area contributed by atoms with E-state index < -0.39 is 0 Å². The van der Waals surface area contributed by atoms with E-state index in [0.29, 0.717) is 0 Å². The van der Waals surface area contributed by atoms with Crippen LogP contribution in [0.1, 0.15) is 57.2 Å². The number of hydrogen-bond acceptors (Lipinski definition) is 1. The average molecular weight is 251 g/mol. The minimum atomic E-state index is -0.137. The fourth-order valence-corrected chi connectivity index (χ4v) is 2.33. The zero-order chi connectivity index (χ0) is 13.5. The molecule has 1 nitrogen and oxygen atoms in total. The van der Waals surface area contributed by atoms with Gasteiger partial charge in [-0.2, -0.15) is 0 Å². The van der Waals surface area contributed by atoms with Gasteiger partial charge in [0.15, 0.2) is 0 Å². The first kappa shape index (κ1) is 15.2. The number of rotatable bonds is 7. The summed E-state index contributed by atoms with van der Waals surface area (Å²) in [6.07, 6.45) is 3.50. The second kappa shape index (κ2) is 7.52. The first-order valence-electron chi connectivity index (χ1n) is 7.04. The Morgan fingerprint density at radius 1 is 1.22 bits per heavy atom. The Morgan fingerprint density at radius 3 is 2.56 bits per heavy atom. The Morgan fingerprint density at radius 2 is 1.94 bits per heavy atom. The van der Waals surface area contributed by atoms with Crippen molar-refractivity contribution >= 4 is 0 Å². The quantitative estimate of drug-likeness (QED) is 0.746. The number of nitrogens with one attached hydrogen (secondary N) is 1. The van der Waals surface area contributed by atoms with Crippen LogP contribution in [0.15, 0.2) is 18.2 Å². The summed E-state index contributed by atoms with van der Waals surface area (Å²) in [6.45, 7) is 9.57. The highest BCUT2D eigenvalue weighted by molar-refractivity contribution is 5.29. The fourth-order valence-electron chi connectivity index (χ4n) is 2.33. The van der Waals surface area contributed by atoms with E-state index in [1.807, 2.05) is 6.07 Å². The maximum absolute atomic E-state index is 13.4. The lowest BCUT2D eigenvalue weighted by Gasteiger charge is -2.21. The second-order valence-corrected chi connectivity index (χ2v) is 5.44. The lowest BCUT2D eigenvalue weighted by Crippen LogP contribution is -2.22. The first-order chi connectivity index (χ1) is 8.54.